The highest BCUT2D eigenvalue weighted by Gasteiger charge is 2.49. The van der Waals surface area contributed by atoms with Crippen LogP contribution in [-0.4, -0.2) is 22.4 Å². The van der Waals surface area contributed by atoms with Gasteiger partial charge in [0.05, 0.1) is 6.04 Å². The van der Waals surface area contributed by atoms with E-state index in [1.165, 1.54) is 42.4 Å². The molecule has 1 aromatic rings. The summed E-state index contributed by atoms with van der Waals surface area (Å²) in [5.74, 6) is 0.772. The summed E-state index contributed by atoms with van der Waals surface area (Å²) in [5.41, 5.74) is 4.63. The Bertz CT molecular complexity index is 615. The van der Waals surface area contributed by atoms with Gasteiger partial charge in [-0.15, -0.1) is 4.72 Å². The molecule has 1 heterocycles. The van der Waals surface area contributed by atoms with Crippen LogP contribution in [0.5, 0.6) is 0 Å². The van der Waals surface area contributed by atoms with Crippen LogP contribution >= 0.6 is 0 Å². The Balaban J connectivity index is 1.69. The molecule has 1 spiro atoms. The van der Waals surface area contributed by atoms with Crippen LogP contribution in [0.4, 0.5) is 0 Å². The zero-order valence-corrected chi connectivity index (χ0v) is 16.0. The average Bonchev–Trinajstić information content (AvgIpc) is 3.34. The lowest BCUT2D eigenvalue weighted by molar-refractivity contribution is 0.163. The molecule has 2 fully saturated rings. The number of benzene rings is 1. The van der Waals surface area contributed by atoms with Crippen LogP contribution in [0.25, 0.3) is 0 Å². The summed E-state index contributed by atoms with van der Waals surface area (Å²) in [6.45, 7) is 8.32. The Kier molecular flexibility index (Phi) is 4.23. The average molecular weight is 347 g/mol. The van der Waals surface area contributed by atoms with E-state index in [4.69, 9.17) is 0 Å². The van der Waals surface area contributed by atoms with Crippen LogP contribution < -0.4 is 10.0 Å². The van der Waals surface area contributed by atoms with Gasteiger partial charge in [-0.25, -0.2) is 0 Å². The molecular formula is C20H30N2OS. The number of nitrogens with one attached hydrogen (secondary N) is 2. The fraction of sp³-hybridized carbons (Fsp3) is 0.700. The molecule has 4 heteroatoms. The second-order valence-corrected chi connectivity index (χ2v) is 11.0. The Morgan fingerprint density at radius 3 is 2.54 bits per heavy atom. The zero-order chi connectivity index (χ0) is 16.9. The topological polar surface area (TPSA) is 47.1 Å². The molecule has 2 aliphatic carbocycles. The number of fused-ring (bicyclic) bond motifs is 1. The van der Waals surface area contributed by atoms with Crippen LogP contribution in [0.2, 0.25) is 0 Å². The van der Waals surface area contributed by atoms with Gasteiger partial charge in [0.2, 0.25) is 0 Å². The molecule has 2 N–H and O–H groups in total. The lowest BCUT2D eigenvalue weighted by Gasteiger charge is -2.40. The molecular weight excluding hydrogens is 316 g/mol. The van der Waals surface area contributed by atoms with E-state index in [9.17, 15) is 4.55 Å². The molecule has 3 aliphatic rings. The quantitative estimate of drug-likeness (QED) is 0.822. The molecule has 0 amide bonds. The van der Waals surface area contributed by atoms with Crippen LogP contribution in [0.3, 0.4) is 0 Å². The van der Waals surface area contributed by atoms with E-state index in [0.717, 1.165) is 25.4 Å². The predicted octanol–water partition coefficient (Wildman–Crippen LogP) is 3.58. The van der Waals surface area contributed by atoms with Gasteiger partial charge >= 0.3 is 0 Å². The van der Waals surface area contributed by atoms with Crippen LogP contribution in [0.1, 0.15) is 75.1 Å². The van der Waals surface area contributed by atoms with E-state index in [1.807, 2.05) is 0 Å². The maximum atomic E-state index is 12.9. The highest BCUT2D eigenvalue weighted by molar-refractivity contribution is 7.90. The summed E-state index contributed by atoms with van der Waals surface area (Å²) < 4.78 is 16.2. The fourth-order valence-corrected chi connectivity index (χ4v) is 5.33. The summed E-state index contributed by atoms with van der Waals surface area (Å²) in [6.07, 6.45) is 6.13. The van der Waals surface area contributed by atoms with Gasteiger partial charge in [-0.2, -0.15) is 0 Å². The minimum Gasteiger partial charge on any atom is -0.598 e. The Hall–Kier alpha value is -0.550. The van der Waals surface area contributed by atoms with Crippen LogP contribution in [0.15, 0.2) is 18.2 Å². The van der Waals surface area contributed by atoms with Gasteiger partial charge in [0.15, 0.2) is 0 Å². The molecule has 1 aliphatic heterocycles. The van der Waals surface area contributed by atoms with Crippen molar-refractivity contribution in [3.05, 3.63) is 34.9 Å². The van der Waals surface area contributed by atoms with Crippen molar-refractivity contribution in [3.8, 4) is 0 Å². The van der Waals surface area contributed by atoms with E-state index < -0.39 is 11.4 Å². The second-order valence-electron chi connectivity index (χ2n) is 8.95. The molecule has 1 unspecified atom stereocenters. The molecule has 2 atom stereocenters. The van der Waals surface area contributed by atoms with Crippen molar-refractivity contribution >= 4 is 11.4 Å². The standard InChI is InChI=1S/C20H30N2OS/c1-19(2,3)24(23)22-18-17-12-15(14-4-5-14)6-7-16(17)13-20(18)8-10-21-11-9-20/h6-7,12,14,18,21-22H,4-5,8-11,13H2,1-3H3/t18-,24?/m1/s1. The van der Waals surface area contributed by atoms with Gasteiger partial charge in [-0.3, -0.25) is 0 Å². The molecule has 0 aromatic heterocycles. The molecule has 24 heavy (non-hydrogen) atoms. The lowest BCUT2D eigenvalue weighted by Crippen LogP contribution is -2.48. The Morgan fingerprint density at radius 1 is 1.21 bits per heavy atom. The van der Waals surface area contributed by atoms with Gasteiger partial charge in [0.25, 0.3) is 0 Å². The van der Waals surface area contributed by atoms with E-state index in [0.29, 0.717) is 0 Å². The third-order valence-corrected chi connectivity index (χ3v) is 7.63. The smallest absolute Gasteiger partial charge is 0.136 e. The first-order valence-electron chi connectivity index (χ1n) is 9.41. The maximum absolute atomic E-state index is 12.9. The molecule has 3 nitrogen and oxygen atoms in total. The molecule has 1 aromatic carbocycles. The van der Waals surface area contributed by atoms with Gasteiger partial charge in [0, 0.05) is 16.8 Å². The normalized spacial score (nSPS) is 27.2. The number of piperidine rings is 1. The summed E-state index contributed by atoms with van der Waals surface area (Å²) in [5, 5.41) is 3.50. The van der Waals surface area contributed by atoms with E-state index in [2.05, 4.69) is 49.0 Å². The summed E-state index contributed by atoms with van der Waals surface area (Å²) in [7, 11) is 0. The van der Waals surface area contributed by atoms with Crippen molar-refractivity contribution in [1.82, 2.24) is 10.0 Å². The summed E-state index contributed by atoms with van der Waals surface area (Å²) >= 11 is -1.03. The van der Waals surface area contributed by atoms with E-state index in [-0.39, 0.29) is 16.2 Å². The number of rotatable bonds is 3. The molecule has 4 rings (SSSR count). The predicted molar refractivity (Wildman–Crippen MR) is 100 cm³/mol. The summed E-state index contributed by atoms with van der Waals surface area (Å²) in [4.78, 5) is 0. The van der Waals surface area contributed by atoms with Crippen LogP contribution in [-0.2, 0) is 17.8 Å². The SMILES string of the molecule is CC(C)(C)[S+]([O-])N[C@@H]1c2cc(C3CC3)ccc2CC12CCNCC2. The first-order chi connectivity index (χ1) is 11.4. The minimum atomic E-state index is -1.03. The third kappa shape index (κ3) is 3.03. The van der Waals surface area contributed by atoms with Gasteiger partial charge in [-0.1, -0.05) is 18.2 Å². The Labute approximate surface area is 149 Å². The van der Waals surface area contributed by atoms with Crippen molar-refractivity contribution in [2.45, 2.75) is 69.6 Å². The second kappa shape index (κ2) is 6.01. The maximum Gasteiger partial charge on any atom is 0.136 e. The van der Waals surface area contributed by atoms with E-state index >= 15 is 0 Å². The van der Waals surface area contributed by atoms with E-state index in [1.54, 1.807) is 0 Å². The van der Waals surface area contributed by atoms with Crippen molar-refractivity contribution in [2.24, 2.45) is 5.41 Å². The van der Waals surface area contributed by atoms with Crippen LogP contribution in [0, 0.1) is 5.41 Å². The molecule has 0 radical (unpaired) electrons. The zero-order valence-electron chi connectivity index (χ0n) is 15.2. The highest BCUT2D eigenvalue weighted by Crippen LogP contribution is 2.53. The number of hydrogen-bond acceptors (Lipinski definition) is 3. The summed E-state index contributed by atoms with van der Waals surface area (Å²) in [6, 6.07) is 7.36. The molecule has 1 saturated heterocycles. The molecule has 132 valence electrons. The highest BCUT2D eigenvalue weighted by atomic mass is 32.2. The molecule has 1 saturated carbocycles. The van der Waals surface area contributed by atoms with Crippen molar-refractivity contribution in [2.75, 3.05) is 13.1 Å². The Morgan fingerprint density at radius 2 is 1.92 bits per heavy atom. The minimum absolute atomic E-state index is 0.230. The van der Waals surface area contributed by atoms with Gasteiger partial charge in [-0.05, 0) is 88.6 Å². The van der Waals surface area contributed by atoms with Gasteiger partial charge < -0.3 is 9.87 Å². The lowest BCUT2D eigenvalue weighted by atomic mass is 9.73. The number of hydrogen-bond donors (Lipinski definition) is 2. The fourth-order valence-electron chi connectivity index (χ4n) is 4.39. The first-order valence-corrected chi connectivity index (χ1v) is 10.6. The molecule has 0 bridgehead atoms. The monoisotopic (exact) mass is 346 g/mol. The third-order valence-electron chi connectivity index (χ3n) is 6.06. The van der Waals surface area contributed by atoms with Gasteiger partial charge in [0.1, 0.15) is 4.75 Å². The van der Waals surface area contributed by atoms with Crippen molar-refractivity contribution in [3.63, 3.8) is 0 Å². The van der Waals surface area contributed by atoms with Crippen molar-refractivity contribution in [1.29, 1.82) is 0 Å². The van der Waals surface area contributed by atoms with Crippen molar-refractivity contribution < 1.29 is 4.55 Å². The first kappa shape index (κ1) is 16.9. The largest absolute Gasteiger partial charge is 0.598 e.